The summed E-state index contributed by atoms with van der Waals surface area (Å²) in [6.07, 6.45) is -4.33. The van der Waals surface area contributed by atoms with Crippen molar-refractivity contribution >= 4 is 11.7 Å². The first kappa shape index (κ1) is 45.2. The van der Waals surface area contributed by atoms with E-state index in [1.165, 1.54) is 7.11 Å². The van der Waals surface area contributed by atoms with Gasteiger partial charge in [0, 0.05) is 43.2 Å². The minimum Gasteiger partial charge on any atom is -0.461 e. The molecule has 314 valence electrons. The largest absolute Gasteiger partial charge is 0.461 e. The molecule has 5 N–H and O–H groups in total. The molecular weight excluding hydrogens is 700 g/mol. The summed E-state index contributed by atoms with van der Waals surface area (Å²) in [6, 6.07) is -0.294. The number of nitrogens with zero attached hydrogens (tertiary/aromatic N) is 2. The van der Waals surface area contributed by atoms with Crippen LogP contribution in [0.15, 0.2) is 5.16 Å². The maximum Gasteiger partial charge on any atom is 0.311 e. The molecule has 3 aliphatic heterocycles. The van der Waals surface area contributed by atoms with Crippen molar-refractivity contribution < 1.29 is 58.8 Å². The van der Waals surface area contributed by atoms with E-state index in [2.05, 4.69) is 5.16 Å². The van der Waals surface area contributed by atoms with Crippen molar-refractivity contribution in [1.82, 2.24) is 4.90 Å². The van der Waals surface area contributed by atoms with Gasteiger partial charge in [-0.15, -0.1) is 0 Å². The lowest BCUT2D eigenvalue weighted by Crippen LogP contribution is -2.60. The second-order valence-electron chi connectivity index (χ2n) is 17.9. The van der Waals surface area contributed by atoms with Crippen LogP contribution in [-0.4, -0.2) is 142 Å². The number of carbonyl (C=O) groups is 1. The number of likely N-dealkylation sites (N-methyl/N-ethyl adjacent to an activating group) is 1. The lowest BCUT2D eigenvalue weighted by molar-refractivity contribution is -0.317. The third-order valence-electron chi connectivity index (χ3n) is 13.3. The molecule has 0 spiro atoms. The van der Waals surface area contributed by atoms with Gasteiger partial charge in [0.1, 0.15) is 18.3 Å². The quantitative estimate of drug-likeness (QED) is 0.143. The number of methoxy groups -OCH3 is 1. The molecule has 0 unspecified atom stereocenters. The van der Waals surface area contributed by atoms with Crippen molar-refractivity contribution in [2.75, 3.05) is 21.2 Å². The fraction of sp³-hybridized carbons (Fsp3) is 0.950. The van der Waals surface area contributed by atoms with Crippen LogP contribution in [0.2, 0.25) is 0 Å². The molecule has 4 rings (SSSR count). The molecule has 3 heterocycles. The van der Waals surface area contributed by atoms with Crippen LogP contribution in [0.25, 0.3) is 0 Å². The number of esters is 1. The molecule has 0 aromatic heterocycles. The summed E-state index contributed by atoms with van der Waals surface area (Å²) in [4.78, 5) is 16.4. The van der Waals surface area contributed by atoms with Crippen LogP contribution in [0, 0.1) is 35.5 Å². The molecule has 54 heavy (non-hydrogen) atoms. The van der Waals surface area contributed by atoms with Crippen molar-refractivity contribution in [3.8, 4) is 0 Å². The highest BCUT2D eigenvalue weighted by Crippen LogP contribution is 2.42. The number of aliphatic hydroxyl groups excluding tert-OH is 3. The van der Waals surface area contributed by atoms with Crippen molar-refractivity contribution in [1.29, 1.82) is 0 Å². The Kier molecular flexibility index (Phi) is 15.4. The highest BCUT2D eigenvalue weighted by Gasteiger charge is 2.52. The van der Waals surface area contributed by atoms with Gasteiger partial charge in [-0.25, -0.2) is 0 Å². The van der Waals surface area contributed by atoms with E-state index in [4.69, 9.17) is 28.4 Å². The minimum absolute atomic E-state index is 0.0326. The highest BCUT2D eigenvalue weighted by atomic mass is 16.7. The van der Waals surface area contributed by atoms with Crippen molar-refractivity contribution in [3.63, 3.8) is 0 Å². The number of aliphatic hydroxyl groups is 4. The molecule has 3 saturated heterocycles. The summed E-state index contributed by atoms with van der Waals surface area (Å²) in [5, 5.41) is 61.0. The van der Waals surface area contributed by atoms with Gasteiger partial charge < -0.3 is 59.0 Å². The van der Waals surface area contributed by atoms with Gasteiger partial charge in [0.25, 0.3) is 0 Å². The zero-order valence-corrected chi connectivity index (χ0v) is 34.8. The van der Waals surface area contributed by atoms with Crippen LogP contribution < -0.4 is 0 Å². The van der Waals surface area contributed by atoms with E-state index in [-0.39, 0.29) is 30.9 Å². The Morgan fingerprint density at radius 1 is 0.870 bits per heavy atom. The molecule has 0 aromatic rings. The number of hydrogen-bond donors (Lipinski definition) is 5. The summed E-state index contributed by atoms with van der Waals surface area (Å²) in [6.45, 7) is 16.1. The van der Waals surface area contributed by atoms with Crippen LogP contribution in [-0.2, 0) is 33.2 Å². The fourth-order valence-corrected chi connectivity index (χ4v) is 9.87. The molecule has 1 aliphatic carbocycles. The second kappa shape index (κ2) is 18.4. The summed E-state index contributed by atoms with van der Waals surface area (Å²) >= 11 is 0. The molecule has 0 bridgehead atoms. The van der Waals surface area contributed by atoms with Crippen LogP contribution >= 0.6 is 0 Å². The Bertz CT molecular complexity index is 1250. The van der Waals surface area contributed by atoms with E-state index in [1.54, 1.807) is 34.6 Å². The topological polar surface area (TPSA) is 189 Å². The second-order valence-corrected chi connectivity index (χ2v) is 17.9. The van der Waals surface area contributed by atoms with E-state index < -0.39 is 102 Å². The molecule has 4 fully saturated rings. The van der Waals surface area contributed by atoms with Crippen LogP contribution in [0.1, 0.15) is 107 Å². The molecule has 4 aliphatic rings. The normalized spacial score (nSPS) is 48.8. The van der Waals surface area contributed by atoms with E-state index in [0.29, 0.717) is 12.1 Å². The average molecular weight is 773 g/mol. The summed E-state index contributed by atoms with van der Waals surface area (Å²) < 4.78 is 38.1. The molecule has 14 heteroatoms. The molecule has 0 aromatic carbocycles. The summed E-state index contributed by atoms with van der Waals surface area (Å²) in [5.41, 5.74) is -2.41. The number of cyclic esters (lactones) is 1. The SMILES string of the molecule is CO[C@]1(C)C[C@H](O[C@H]2[C@H](C)[C@@H](O[C@H]3O[C@@H](C)C[C@@H](N(C)C)[C@@H]3O)[C@](C)(O)C[C@@H](C)/C(=N/O)[C@H](C)[C@@H](O)[C@@H](C)[C@@H](C3CCCC3)OC(=O)[C@@H]2C)O[C@@H](C)[C@@H]1O. The van der Waals surface area contributed by atoms with E-state index >= 15 is 0 Å². The lowest BCUT2D eigenvalue weighted by atomic mass is 9.74. The maximum atomic E-state index is 14.5. The molecular formula is C40H72N2O12. The Morgan fingerprint density at radius 3 is 2.07 bits per heavy atom. The predicted octanol–water partition coefficient (Wildman–Crippen LogP) is 3.71. The number of rotatable bonds is 7. The number of carbonyl (C=O) groups excluding carboxylic acids is 1. The average Bonchev–Trinajstić information content (AvgIpc) is 3.65. The number of hydrogen-bond acceptors (Lipinski definition) is 14. The summed E-state index contributed by atoms with van der Waals surface area (Å²) in [7, 11) is 5.28. The van der Waals surface area contributed by atoms with Crippen molar-refractivity contribution in [3.05, 3.63) is 0 Å². The smallest absolute Gasteiger partial charge is 0.311 e. The molecule has 18 atom stereocenters. The third kappa shape index (κ3) is 9.79. The number of ether oxygens (including phenoxy) is 6. The Hall–Kier alpha value is -1.46. The van der Waals surface area contributed by atoms with E-state index in [1.807, 2.05) is 46.7 Å². The van der Waals surface area contributed by atoms with Gasteiger partial charge in [-0.3, -0.25) is 4.79 Å². The maximum absolute atomic E-state index is 14.5. The van der Waals surface area contributed by atoms with Gasteiger partial charge >= 0.3 is 5.97 Å². The lowest BCUT2D eigenvalue weighted by Gasteiger charge is -2.49. The molecule has 14 nitrogen and oxygen atoms in total. The monoisotopic (exact) mass is 773 g/mol. The number of oxime groups is 1. The predicted molar refractivity (Wildman–Crippen MR) is 201 cm³/mol. The molecule has 0 radical (unpaired) electrons. The standard InChI is InChI=1S/C40H72N2O12/c1-20-18-39(8,47)36(54-38-32(44)28(42(10)11)17-21(2)50-38)24(5)33(52-29-19-40(9,49-12)35(45)26(7)51-29)25(6)37(46)53-34(27-15-13-14-16-27)23(4)31(43)22(3)30(20)41-48/h20-29,31-36,38,43-45,47-48H,13-19H2,1-12H3/b41-30-/t20-,21+,22+,23-,24+,25-,26+,28-,29+,31-,32+,33+,34+,35+,36-,38-,39-,40-/m1/s1. The highest BCUT2D eigenvalue weighted by molar-refractivity contribution is 5.88. The van der Waals surface area contributed by atoms with Gasteiger partial charge in [-0.05, 0) is 80.3 Å². The van der Waals surface area contributed by atoms with Gasteiger partial charge in [0.05, 0.1) is 53.4 Å². The van der Waals surface area contributed by atoms with E-state index in [9.17, 15) is 30.4 Å². The van der Waals surface area contributed by atoms with Gasteiger partial charge in [-0.1, -0.05) is 45.7 Å². The van der Waals surface area contributed by atoms with E-state index in [0.717, 1.165) is 25.7 Å². The first-order valence-electron chi connectivity index (χ1n) is 20.2. The van der Waals surface area contributed by atoms with Gasteiger partial charge in [0.2, 0.25) is 0 Å². The Morgan fingerprint density at radius 2 is 1.50 bits per heavy atom. The van der Waals surface area contributed by atoms with Crippen LogP contribution in [0.3, 0.4) is 0 Å². The zero-order valence-electron chi connectivity index (χ0n) is 34.8. The van der Waals surface area contributed by atoms with Crippen LogP contribution in [0.5, 0.6) is 0 Å². The first-order valence-corrected chi connectivity index (χ1v) is 20.2. The van der Waals surface area contributed by atoms with Gasteiger partial charge in [0.15, 0.2) is 12.6 Å². The zero-order chi connectivity index (χ0) is 40.4. The Labute approximate surface area is 322 Å². The van der Waals surface area contributed by atoms with Crippen molar-refractivity contribution in [2.45, 2.75) is 186 Å². The van der Waals surface area contributed by atoms with Crippen molar-refractivity contribution in [2.24, 2.45) is 40.7 Å². The minimum atomic E-state index is -1.69. The molecule has 0 amide bonds. The summed E-state index contributed by atoms with van der Waals surface area (Å²) in [5.74, 6) is -3.85. The third-order valence-corrected chi connectivity index (χ3v) is 13.3. The first-order chi connectivity index (χ1) is 25.2. The van der Waals surface area contributed by atoms with Gasteiger partial charge in [-0.2, -0.15) is 0 Å². The molecule has 1 saturated carbocycles. The van der Waals surface area contributed by atoms with Crippen LogP contribution in [0.4, 0.5) is 0 Å². The fourth-order valence-electron chi connectivity index (χ4n) is 9.87. The Balaban J connectivity index is 1.84.